The predicted octanol–water partition coefficient (Wildman–Crippen LogP) is 5.96. The average molecular weight is 506 g/mol. The maximum atomic E-state index is 12.8. The van der Waals surface area contributed by atoms with Gasteiger partial charge >= 0.3 is 6.09 Å². The molecule has 198 valence electrons. The summed E-state index contributed by atoms with van der Waals surface area (Å²) in [6.07, 6.45) is 1.12. The van der Waals surface area contributed by atoms with Gasteiger partial charge in [0.1, 0.15) is 5.60 Å². The molecule has 1 aliphatic heterocycles. The lowest BCUT2D eigenvalue weighted by molar-refractivity contribution is -0.114. The smallest absolute Gasteiger partial charge is 0.410 e. The summed E-state index contributed by atoms with van der Waals surface area (Å²) in [6, 6.07) is 15.5. The number of carbonyl (C=O) groups excluding carboxylic acids is 3. The third kappa shape index (κ3) is 7.44. The van der Waals surface area contributed by atoms with E-state index in [0.717, 1.165) is 22.4 Å². The summed E-state index contributed by atoms with van der Waals surface area (Å²) in [4.78, 5) is 40.6. The van der Waals surface area contributed by atoms with Gasteiger partial charge in [-0.15, -0.1) is 0 Å². The Morgan fingerprint density at radius 1 is 0.919 bits per heavy atom. The van der Waals surface area contributed by atoms with Crippen LogP contribution in [0.4, 0.5) is 10.5 Å². The lowest BCUT2D eigenvalue weighted by atomic mass is 9.88. The standard InChI is InChI=1S/C30H39N3O4/c1-7-32(8-2)28(35)24-14-12-22(13-15-24)27(25-10-9-11-26(20-25)31-21(3)34)23-16-18-33(19-17-23)29(36)37-30(4,5)6/h9-15,20H,7-8,16-19H2,1-6H3,(H,31,34). The van der Waals surface area contributed by atoms with Crippen molar-refractivity contribution in [1.29, 1.82) is 0 Å². The van der Waals surface area contributed by atoms with E-state index in [1.54, 1.807) is 9.80 Å². The van der Waals surface area contributed by atoms with Crippen molar-refractivity contribution in [2.75, 3.05) is 31.5 Å². The van der Waals surface area contributed by atoms with Crippen LogP contribution in [0, 0.1) is 0 Å². The van der Waals surface area contributed by atoms with E-state index < -0.39 is 5.60 Å². The van der Waals surface area contributed by atoms with Gasteiger partial charge in [0.05, 0.1) is 0 Å². The number of ether oxygens (including phenoxy) is 1. The van der Waals surface area contributed by atoms with Gasteiger partial charge in [-0.05, 0) is 88.4 Å². The van der Waals surface area contributed by atoms with Gasteiger partial charge in [0.25, 0.3) is 5.91 Å². The van der Waals surface area contributed by atoms with Crippen molar-refractivity contribution in [3.63, 3.8) is 0 Å². The highest BCUT2D eigenvalue weighted by molar-refractivity contribution is 5.95. The predicted molar refractivity (Wildman–Crippen MR) is 148 cm³/mol. The van der Waals surface area contributed by atoms with Crippen molar-refractivity contribution in [1.82, 2.24) is 9.80 Å². The van der Waals surface area contributed by atoms with Crippen LogP contribution in [0.5, 0.6) is 0 Å². The summed E-state index contributed by atoms with van der Waals surface area (Å²) >= 11 is 0. The first-order valence-electron chi connectivity index (χ1n) is 13.0. The van der Waals surface area contributed by atoms with E-state index in [2.05, 4.69) is 5.32 Å². The number of amides is 3. The lowest BCUT2D eigenvalue weighted by Gasteiger charge is -2.32. The summed E-state index contributed by atoms with van der Waals surface area (Å²) < 4.78 is 5.56. The molecule has 37 heavy (non-hydrogen) atoms. The van der Waals surface area contributed by atoms with Gasteiger partial charge in [-0.2, -0.15) is 0 Å². The molecule has 2 aromatic rings. The Bertz CT molecular complexity index is 1150. The molecule has 0 radical (unpaired) electrons. The monoisotopic (exact) mass is 505 g/mol. The molecule has 0 atom stereocenters. The molecule has 0 aliphatic carbocycles. The SMILES string of the molecule is CCN(CC)C(=O)c1ccc(C(=C2CCN(C(=O)OC(C)(C)C)CC2)c2cccc(NC(C)=O)c2)cc1. The van der Waals surface area contributed by atoms with E-state index in [4.69, 9.17) is 4.74 Å². The van der Waals surface area contributed by atoms with E-state index in [1.165, 1.54) is 12.5 Å². The lowest BCUT2D eigenvalue weighted by Crippen LogP contribution is -2.40. The summed E-state index contributed by atoms with van der Waals surface area (Å²) in [5.74, 6) is -0.111. The molecule has 3 rings (SSSR count). The third-order valence-corrected chi connectivity index (χ3v) is 6.32. The van der Waals surface area contributed by atoms with Crippen LogP contribution in [0.1, 0.15) is 75.9 Å². The molecule has 0 aromatic heterocycles. The molecule has 3 amide bonds. The highest BCUT2D eigenvalue weighted by atomic mass is 16.6. The van der Waals surface area contributed by atoms with Gasteiger partial charge in [-0.3, -0.25) is 9.59 Å². The number of rotatable bonds is 6. The van der Waals surface area contributed by atoms with Crippen LogP contribution in [-0.2, 0) is 9.53 Å². The molecule has 0 saturated carbocycles. The zero-order valence-corrected chi connectivity index (χ0v) is 22.9. The second kappa shape index (κ2) is 12.1. The number of nitrogens with zero attached hydrogens (tertiary/aromatic N) is 2. The van der Waals surface area contributed by atoms with Gasteiger partial charge < -0.3 is 19.9 Å². The molecule has 1 fully saturated rings. The molecule has 0 unspecified atom stereocenters. The molecule has 0 spiro atoms. The second-order valence-corrected chi connectivity index (χ2v) is 10.3. The molecule has 1 heterocycles. The van der Waals surface area contributed by atoms with E-state index in [0.29, 0.717) is 44.6 Å². The first-order valence-corrected chi connectivity index (χ1v) is 13.0. The fourth-order valence-corrected chi connectivity index (χ4v) is 4.54. The first-order chi connectivity index (χ1) is 17.5. The number of benzene rings is 2. The van der Waals surface area contributed by atoms with Crippen LogP contribution in [0.3, 0.4) is 0 Å². The van der Waals surface area contributed by atoms with Crippen molar-refractivity contribution < 1.29 is 19.1 Å². The van der Waals surface area contributed by atoms with Crippen molar-refractivity contribution in [3.05, 3.63) is 70.8 Å². The molecular weight excluding hydrogens is 466 g/mol. The largest absolute Gasteiger partial charge is 0.444 e. The number of anilines is 1. The summed E-state index contributed by atoms with van der Waals surface area (Å²) in [7, 11) is 0. The molecule has 7 heteroatoms. The quantitative estimate of drug-likeness (QED) is 0.525. The van der Waals surface area contributed by atoms with Gasteiger partial charge in [0, 0.05) is 44.4 Å². The Balaban J connectivity index is 1.97. The van der Waals surface area contributed by atoms with Gasteiger partial charge in [-0.1, -0.05) is 29.8 Å². The number of piperidine rings is 1. The Hall–Kier alpha value is -3.61. The molecular formula is C30H39N3O4. The minimum absolute atomic E-state index is 0.0177. The Kier molecular flexibility index (Phi) is 9.14. The van der Waals surface area contributed by atoms with Crippen molar-refractivity contribution in [2.45, 2.75) is 60.0 Å². The van der Waals surface area contributed by atoms with Crippen LogP contribution in [0.25, 0.3) is 5.57 Å². The number of hydrogen-bond acceptors (Lipinski definition) is 4. The van der Waals surface area contributed by atoms with Gasteiger partial charge in [-0.25, -0.2) is 4.79 Å². The second-order valence-electron chi connectivity index (χ2n) is 10.3. The molecule has 1 aliphatic rings. The van der Waals surface area contributed by atoms with E-state index in [-0.39, 0.29) is 17.9 Å². The molecule has 1 saturated heterocycles. The van der Waals surface area contributed by atoms with Crippen LogP contribution >= 0.6 is 0 Å². The Morgan fingerprint density at radius 3 is 2.05 bits per heavy atom. The van der Waals surface area contributed by atoms with Crippen LogP contribution in [-0.4, -0.2) is 59.5 Å². The highest BCUT2D eigenvalue weighted by Crippen LogP contribution is 2.34. The van der Waals surface area contributed by atoms with Crippen LogP contribution in [0.15, 0.2) is 54.1 Å². The zero-order chi connectivity index (χ0) is 27.2. The molecule has 2 aromatic carbocycles. The van der Waals surface area contributed by atoms with E-state index in [9.17, 15) is 14.4 Å². The summed E-state index contributed by atoms with van der Waals surface area (Å²) in [6.45, 7) is 13.5. The molecule has 0 bridgehead atoms. The normalized spacial score (nSPS) is 13.7. The third-order valence-electron chi connectivity index (χ3n) is 6.32. The summed E-state index contributed by atoms with van der Waals surface area (Å²) in [5, 5.41) is 2.87. The highest BCUT2D eigenvalue weighted by Gasteiger charge is 2.26. The van der Waals surface area contributed by atoms with Gasteiger partial charge in [0.15, 0.2) is 0 Å². The minimum atomic E-state index is -0.535. The number of nitrogens with one attached hydrogen (secondary N) is 1. The maximum Gasteiger partial charge on any atom is 0.410 e. The van der Waals surface area contributed by atoms with E-state index >= 15 is 0 Å². The Morgan fingerprint density at radius 2 is 1.51 bits per heavy atom. The molecule has 7 nitrogen and oxygen atoms in total. The first kappa shape index (κ1) is 28.0. The molecule has 1 N–H and O–H groups in total. The van der Waals surface area contributed by atoms with Gasteiger partial charge in [0.2, 0.25) is 5.91 Å². The fraction of sp³-hybridized carbons (Fsp3) is 0.433. The number of hydrogen-bond donors (Lipinski definition) is 1. The van der Waals surface area contributed by atoms with Crippen molar-refractivity contribution in [3.8, 4) is 0 Å². The topological polar surface area (TPSA) is 79.0 Å². The van der Waals surface area contributed by atoms with Crippen molar-refractivity contribution >= 4 is 29.2 Å². The van der Waals surface area contributed by atoms with Crippen molar-refractivity contribution in [2.24, 2.45) is 0 Å². The fourth-order valence-electron chi connectivity index (χ4n) is 4.54. The zero-order valence-electron chi connectivity index (χ0n) is 22.9. The van der Waals surface area contributed by atoms with E-state index in [1.807, 2.05) is 83.1 Å². The minimum Gasteiger partial charge on any atom is -0.444 e. The number of likely N-dealkylation sites (tertiary alicyclic amines) is 1. The van der Waals surface area contributed by atoms with Crippen LogP contribution in [0.2, 0.25) is 0 Å². The summed E-state index contributed by atoms with van der Waals surface area (Å²) in [5.41, 5.74) is 5.12. The number of carbonyl (C=O) groups is 3. The van der Waals surface area contributed by atoms with Crippen LogP contribution < -0.4 is 5.32 Å². The Labute approximate surface area is 220 Å². The maximum absolute atomic E-state index is 12.8. The average Bonchev–Trinajstić information content (AvgIpc) is 2.84.